The number of hydrogen-bond acceptors (Lipinski definition) is 4. The van der Waals surface area contributed by atoms with Crippen LogP contribution in [0.5, 0.6) is 5.75 Å². The molecule has 0 bridgehead atoms. The van der Waals surface area contributed by atoms with E-state index in [9.17, 15) is 0 Å². The molecule has 1 aromatic rings. The second kappa shape index (κ2) is 6.18. The zero-order chi connectivity index (χ0) is 13.8. The molecular formula is C14H22O4. The van der Waals surface area contributed by atoms with Gasteiger partial charge in [0.15, 0.2) is 0 Å². The van der Waals surface area contributed by atoms with E-state index >= 15 is 0 Å². The minimum absolute atomic E-state index is 0.459. The van der Waals surface area contributed by atoms with Crippen LogP contribution in [0.1, 0.15) is 16.7 Å². The molecule has 18 heavy (non-hydrogen) atoms. The highest BCUT2D eigenvalue weighted by Crippen LogP contribution is 2.28. The molecule has 0 atom stereocenters. The van der Waals surface area contributed by atoms with Crippen LogP contribution in [0.15, 0.2) is 12.1 Å². The van der Waals surface area contributed by atoms with Gasteiger partial charge in [-0.05, 0) is 31.0 Å². The van der Waals surface area contributed by atoms with Crippen LogP contribution < -0.4 is 4.74 Å². The summed E-state index contributed by atoms with van der Waals surface area (Å²) in [4.78, 5) is 0. The summed E-state index contributed by atoms with van der Waals surface area (Å²) in [6.45, 7) is 4.12. The first kappa shape index (κ1) is 15.0. The highest BCUT2D eigenvalue weighted by molar-refractivity contribution is 5.42. The van der Waals surface area contributed by atoms with Crippen molar-refractivity contribution < 1.29 is 18.9 Å². The van der Waals surface area contributed by atoms with Crippen molar-refractivity contribution in [2.75, 3.05) is 28.4 Å². The highest BCUT2D eigenvalue weighted by Gasteiger charge is 2.31. The van der Waals surface area contributed by atoms with Crippen LogP contribution in [-0.4, -0.2) is 34.4 Å². The summed E-state index contributed by atoms with van der Waals surface area (Å²) < 4.78 is 21.3. The minimum atomic E-state index is -1.07. The van der Waals surface area contributed by atoms with Crippen molar-refractivity contribution in [3.8, 4) is 5.75 Å². The topological polar surface area (TPSA) is 36.9 Å². The monoisotopic (exact) mass is 254 g/mol. The van der Waals surface area contributed by atoms with Crippen molar-refractivity contribution >= 4 is 0 Å². The number of rotatable bonds is 6. The highest BCUT2D eigenvalue weighted by atomic mass is 16.9. The van der Waals surface area contributed by atoms with Gasteiger partial charge in [-0.15, -0.1) is 0 Å². The lowest BCUT2D eigenvalue weighted by molar-refractivity contribution is -0.351. The molecule has 0 aliphatic heterocycles. The average molecular weight is 254 g/mol. The molecule has 0 N–H and O–H groups in total. The standard InChI is InChI=1S/C14H22O4/c1-10-7-12(13(15-3)8-11(10)2)9-14(16-4,17-5)18-6/h7-8H,9H2,1-6H3. The predicted octanol–water partition coefficient (Wildman–Crippen LogP) is 2.45. The first-order chi connectivity index (χ1) is 8.51. The van der Waals surface area contributed by atoms with E-state index in [0.29, 0.717) is 6.42 Å². The van der Waals surface area contributed by atoms with Gasteiger partial charge in [-0.2, -0.15) is 0 Å². The lowest BCUT2D eigenvalue weighted by Crippen LogP contribution is -2.38. The van der Waals surface area contributed by atoms with Crippen molar-refractivity contribution in [2.45, 2.75) is 26.2 Å². The van der Waals surface area contributed by atoms with Gasteiger partial charge in [0, 0.05) is 26.9 Å². The summed E-state index contributed by atoms with van der Waals surface area (Å²) in [7, 11) is 6.32. The van der Waals surface area contributed by atoms with Gasteiger partial charge in [-0.25, -0.2) is 0 Å². The van der Waals surface area contributed by atoms with Crippen LogP contribution in [0.2, 0.25) is 0 Å². The van der Waals surface area contributed by atoms with E-state index in [4.69, 9.17) is 18.9 Å². The zero-order valence-corrected chi connectivity index (χ0v) is 12.0. The lowest BCUT2D eigenvalue weighted by Gasteiger charge is -2.29. The van der Waals surface area contributed by atoms with Crippen LogP contribution in [0.4, 0.5) is 0 Å². The molecule has 0 saturated heterocycles. The Bertz CT molecular complexity index is 389. The zero-order valence-electron chi connectivity index (χ0n) is 12.0. The van der Waals surface area contributed by atoms with Crippen molar-refractivity contribution in [3.63, 3.8) is 0 Å². The van der Waals surface area contributed by atoms with Crippen molar-refractivity contribution in [1.82, 2.24) is 0 Å². The number of ether oxygens (including phenoxy) is 4. The Hall–Kier alpha value is -1.10. The fourth-order valence-electron chi connectivity index (χ4n) is 1.88. The minimum Gasteiger partial charge on any atom is -0.496 e. The van der Waals surface area contributed by atoms with E-state index in [1.54, 1.807) is 28.4 Å². The number of hydrogen-bond donors (Lipinski definition) is 0. The van der Waals surface area contributed by atoms with Crippen LogP contribution in [-0.2, 0) is 20.6 Å². The number of methoxy groups -OCH3 is 4. The summed E-state index contributed by atoms with van der Waals surface area (Å²) in [6, 6.07) is 4.08. The molecule has 0 unspecified atom stereocenters. The Morgan fingerprint density at radius 3 is 1.83 bits per heavy atom. The van der Waals surface area contributed by atoms with Gasteiger partial charge >= 0.3 is 0 Å². The Morgan fingerprint density at radius 1 is 0.889 bits per heavy atom. The maximum absolute atomic E-state index is 5.39. The molecular weight excluding hydrogens is 232 g/mol. The Kier molecular flexibility index (Phi) is 5.14. The van der Waals surface area contributed by atoms with Gasteiger partial charge in [0.2, 0.25) is 0 Å². The van der Waals surface area contributed by atoms with Gasteiger partial charge in [0.1, 0.15) is 5.75 Å². The second-order valence-corrected chi connectivity index (χ2v) is 4.22. The van der Waals surface area contributed by atoms with Crippen LogP contribution in [0, 0.1) is 13.8 Å². The normalized spacial score (nSPS) is 11.7. The van der Waals surface area contributed by atoms with E-state index in [2.05, 4.69) is 19.9 Å². The molecule has 4 heteroatoms. The maximum atomic E-state index is 5.39. The first-order valence-electron chi connectivity index (χ1n) is 5.81. The Balaban J connectivity index is 3.13. The van der Waals surface area contributed by atoms with E-state index in [-0.39, 0.29) is 0 Å². The molecule has 102 valence electrons. The van der Waals surface area contributed by atoms with E-state index in [1.165, 1.54) is 11.1 Å². The van der Waals surface area contributed by atoms with Crippen molar-refractivity contribution in [2.24, 2.45) is 0 Å². The maximum Gasteiger partial charge on any atom is 0.286 e. The van der Waals surface area contributed by atoms with E-state index in [0.717, 1.165) is 11.3 Å². The van der Waals surface area contributed by atoms with E-state index < -0.39 is 5.97 Å². The third-order valence-electron chi connectivity index (χ3n) is 3.24. The van der Waals surface area contributed by atoms with Gasteiger partial charge in [-0.3, -0.25) is 0 Å². The third-order valence-corrected chi connectivity index (χ3v) is 3.24. The molecule has 0 heterocycles. The molecule has 0 saturated carbocycles. The SMILES string of the molecule is COc1cc(C)c(C)cc1CC(OC)(OC)OC. The molecule has 0 fully saturated rings. The molecule has 1 aromatic carbocycles. The predicted molar refractivity (Wildman–Crippen MR) is 69.9 cm³/mol. The smallest absolute Gasteiger partial charge is 0.286 e. The lowest BCUT2D eigenvalue weighted by atomic mass is 10.0. The molecule has 4 nitrogen and oxygen atoms in total. The molecule has 0 aliphatic carbocycles. The van der Waals surface area contributed by atoms with Gasteiger partial charge in [0.25, 0.3) is 5.97 Å². The second-order valence-electron chi connectivity index (χ2n) is 4.22. The van der Waals surface area contributed by atoms with Crippen molar-refractivity contribution in [1.29, 1.82) is 0 Å². The van der Waals surface area contributed by atoms with Crippen LogP contribution in [0.3, 0.4) is 0 Å². The summed E-state index contributed by atoms with van der Waals surface area (Å²) in [6.07, 6.45) is 0.459. The summed E-state index contributed by atoms with van der Waals surface area (Å²) in [5.74, 6) is -0.261. The van der Waals surface area contributed by atoms with E-state index in [1.807, 2.05) is 6.07 Å². The fraction of sp³-hybridized carbons (Fsp3) is 0.571. The molecule has 0 amide bonds. The molecule has 1 rings (SSSR count). The first-order valence-corrected chi connectivity index (χ1v) is 5.81. The van der Waals surface area contributed by atoms with Gasteiger partial charge < -0.3 is 18.9 Å². The summed E-state index contributed by atoms with van der Waals surface area (Å²) in [5.41, 5.74) is 3.38. The summed E-state index contributed by atoms with van der Waals surface area (Å²) >= 11 is 0. The average Bonchev–Trinajstić information content (AvgIpc) is 2.40. The van der Waals surface area contributed by atoms with Crippen molar-refractivity contribution in [3.05, 3.63) is 28.8 Å². The third kappa shape index (κ3) is 3.02. The fourth-order valence-corrected chi connectivity index (χ4v) is 1.88. The molecule has 0 aliphatic rings. The van der Waals surface area contributed by atoms with Gasteiger partial charge in [0.05, 0.1) is 13.5 Å². The van der Waals surface area contributed by atoms with Crippen LogP contribution in [0.25, 0.3) is 0 Å². The Morgan fingerprint density at radius 2 is 1.39 bits per heavy atom. The molecule has 0 aromatic heterocycles. The number of aryl methyl sites for hydroxylation is 2. The Labute approximate surface area is 109 Å². The van der Waals surface area contributed by atoms with Gasteiger partial charge in [-0.1, -0.05) is 6.07 Å². The van der Waals surface area contributed by atoms with Crippen LogP contribution >= 0.6 is 0 Å². The molecule has 0 radical (unpaired) electrons. The number of benzene rings is 1. The largest absolute Gasteiger partial charge is 0.496 e. The quantitative estimate of drug-likeness (QED) is 0.731. The molecule has 0 spiro atoms. The summed E-state index contributed by atoms with van der Waals surface area (Å²) in [5, 5.41) is 0.